The first kappa shape index (κ1) is 22.3. The SMILES string of the molecule is Cc1ccc(C(=O)Nc2c(Cl)cc(C(F)(C(F)(F)F)C(F)(F)F)cc2Cl)cc1. The fourth-order valence-corrected chi connectivity index (χ4v) is 2.85. The van der Waals surface area contributed by atoms with Crippen LogP contribution in [0, 0.1) is 6.92 Å². The Morgan fingerprint density at radius 2 is 1.29 bits per heavy atom. The average molecular weight is 448 g/mol. The van der Waals surface area contributed by atoms with E-state index in [1.165, 1.54) is 12.1 Å². The van der Waals surface area contributed by atoms with Crippen molar-refractivity contribution < 1.29 is 35.5 Å². The number of carbonyl (C=O) groups is 1. The smallest absolute Gasteiger partial charge is 0.319 e. The number of halogens is 9. The highest BCUT2D eigenvalue weighted by Crippen LogP contribution is 2.54. The van der Waals surface area contributed by atoms with Gasteiger partial charge in [0.2, 0.25) is 0 Å². The summed E-state index contributed by atoms with van der Waals surface area (Å²) in [6.45, 7) is 1.76. The molecule has 2 rings (SSSR count). The lowest BCUT2D eigenvalue weighted by molar-refractivity contribution is -0.348. The molecule has 0 saturated carbocycles. The zero-order valence-electron chi connectivity index (χ0n) is 13.8. The quantitative estimate of drug-likeness (QED) is 0.512. The normalized spacial score (nSPS) is 12.8. The monoisotopic (exact) mass is 447 g/mol. The lowest BCUT2D eigenvalue weighted by atomic mass is 9.94. The van der Waals surface area contributed by atoms with E-state index in [1.807, 2.05) is 0 Å². The third-order valence-electron chi connectivity index (χ3n) is 3.77. The molecule has 0 aliphatic rings. The van der Waals surface area contributed by atoms with Gasteiger partial charge in [0, 0.05) is 11.1 Å². The third-order valence-corrected chi connectivity index (χ3v) is 4.37. The summed E-state index contributed by atoms with van der Waals surface area (Å²) in [7, 11) is 0. The van der Waals surface area contributed by atoms with Crippen molar-refractivity contribution in [3.8, 4) is 0 Å². The molecule has 28 heavy (non-hydrogen) atoms. The Bertz CT molecular complexity index is 855. The Labute approximate surface area is 164 Å². The van der Waals surface area contributed by atoms with Crippen LogP contribution in [0.15, 0.2) is 36.4 Å². The molecule has 2 nitrogen and oxygen atoms in total. The minimum atomic E-state index is -6.31. The molecule has 0 aliphatic carbocycles. The number of alkyl halides is 7. The van der Waals surface area contributed by atoms with E-state index < -0.39 is 45.2 Å². The maximum absolute atomic E-state index is 14.1. The van der Waals surface area contributed by atoms with Gasteiger partial charge in [-0.05, 0) is 31.2 Å². The van der Waals surface area contributed by atoms with Crippen LogP contribution in [0.3, 0.4) is 0 Å². The molecule has 0 saturated heterocycles. The zero-order valence-corrected chi connectivity index (χ0v) is 15.3. The van der Waals surface area contributed by atoms with Crippen LogP contribution < -0.4 is 5.32 Å². The molecule has 0 atom stereocenters. The molecular weight excluding hydrogens is 438 g/mol. The summed E-state index contributed by atoms with van der Waals surface area (Å²) in [6, 6.07) is 6.32. The van der Waals surface area contributed by atoms with E-state index >= 15 is 0 Å². The summed E-state index contributed by atoms with van der Waals surface area (Å²) in [5, 5.41) is 0.596. The van der Waals surface area contributed by atoms with Gasteiger partial charge in [0.15, 0.2) is 0 Å². The van der Waals surface area contributed by atoms with E-state index in [-0.39, 0.29) is 17.7 Å². The number of anilines is 1. The third kappa shape index (κ3) is 4.05. The van der Waals surface area contributed by atoms with Crippen LogP contribution in [0.25, 0.3) is 0 Å². The number of carbonyl (C=O) groups excluding carboxylic acids is 1. The first-order valence-electron chi connectivity index (χ1n) is 7.38. The average Bonchev–Trinajstić information content (AvgIpc) is 2.55. The minimum absolute atomic E-state index is 0.124. The molecule has 152 valence electrons. The summed E-state index contributed by atoms with van der Waals surface area (Å²) in [5.74, 6) is -0.769. The van der Waals surface area contributed by atoms with E-state index in [4.69, 9.17) is 23.2 Å². The molecule has 0 unspecified atom stereocenters. The summed E-state index contributed by atoms with van der Waals surface area (Å²) in [4.78, 5) is 12.2. The van der Waals surface area contributed by atoms with Gasteiger partial charge < -0.3 is 5.32 Å². The number of amides is 1. The van der Waals surface area contributed by atoms with Gasteiger partial charge in [0.1, 0.15) is 0 Å². The number of aryl methyl sites for hydroxylation is 1. The standard InChI is InChI=1S/C17H10Cl2F7NO/c1-8-2-4-9(5-3-8)14(28)27-13-11(18)6-10(7-12(13)19)15(20,16(21,22)23)17(24,25)26/h2-7H,1H3,(H,27,28). The second-order valence-electron chi connectivity index (χ2n) is 5.79. The molecule has 0 spiro atoms. The number of hydrogen-bond donors (Lipinski definition) is 1. The van der Waals surface area contributed by atoms with Crippen molar-refractivity contribution in [1.29, 1.82) is 0 Å². The van der Waals surface area contributed by atoms with Crippen molar-refractivity contribution in [2.75, 3.05) is 5.32 Å². The van der Waals surface area contributed by atoms with E-state index in [9.17, 15) is 35.5 Å². The second-order valence-corrected chi connectivity index (χ2v) is 6.60. The van der Waals surface area contributed by atoms with E-state index in [0.717, 1.165) is 5.56 Å². The molecule has 0 fully saturated rings. The Balaban J connectivity index is 2.47. The predicted molar refractivity (Wildman–Crippen MR) is 90.5 cm³/mol. The topological polar surface area (TPSA) is 29.1 Å². The van der Waals surface area contributed by atoms with Crippen molar-refractivity contribution in [1.82, 2.24) is 0 Å². The van der Waals surface area contributed by atoms with Gasteiger partial charge in [-0.1, -0.05) is 40.9 Å². The predicted octanol–water partition coefficient (Wildman–Crippen LogP) is 6.84. The Morgan fingerprint density at radius 3 is 1.68 bits per heavy atom. The van der Waals surface area contributed by atoms with Crippen molar-refractivity contribution in [2.45, 2.75) is 24.9 Å². The van der Waals surface area contributed by atoms with Crippen LogP contribution in [0.2, 0.25) is 10.0 Å². The largest absolute Gasteiger partial charge is 0.435 e. The fourth-order valence-electron chi connectivity index (χ4n) is 2.27. The van der Waals surface area contributed by atoms with Crippen LogP contribution >= 0.6 is 23.2 Å². The van der Waals surface area contributed by atoms with Gasteiger partial charge in [-0.25, -0.2) is 4.39 Å². The van der Waals surface area contributed by atoms with Crippen molar-refractivity contribution in [2.24, 2.45) is 0 Å². The lowest BCUT2D eigenvalue weighted by Gasteiger charge is -2.30. The number of hydrogen-bond acceptors (Lipinski definition) is 1. The first-order chi connectivity index (χ1) is 12.7. The van der Waals surface area contributed by atoms with E-state index in [1.54, 1.807) is 19.1 Å². The molecule has 0 aromatic heterocycles. The van der Waals surface area contributed by atoms with Crippen molar-refractivity contribution >= 4 is 34.8 Å². The van der Waals surface area contributed by atoms with Gasteiger partial charge in [-0.2, -0.15) is 26.3 Å². The molecule has 0 radical (unpaired) electrons. The number of rotatable bonds is 3. The van der Waals surface area contributed by atoms with Crippen molar-refractivity contribution in [3.05, 3.63) is 63.1 Å². The maximum Gasteiger partial charge on any atom is 0.435 e. The second kappa shape index (κ2) is 7.44. The minimum Gasteiger partial charge on any atom is -0.319 e. The molecule has 2 aromatic carbocycles. The highest BCUT2D eigenvalue weighted by Gasteiger charge is 2.73. The molecule has 2 aromatic rings. The zero-order chi connectivity index (χ0) is 21.5. The van der Waals surface area contributed by atoms with Gasteiger partial charge in [0.25, 0.3) is 5.91 Å². The molecule has 0 bridgehead atoms. The molecule has 0 aliphatic heterocycles. The summed E-state index contributed by atoms with van der Waals surface area (Å²) in [6.07, 6.45) is -12.6. The Hall–Kier alpha value is -2.00. The Morgan fingerprint density at radius 1 is 0.857 bits per heavy atom. The molecule has 1 N–H and O–H groups in total. The van der Waals surface area contributed by atoms with Gasteiger partial charge >= 0.3 is 18.0 Å². The maximum atomic E-state index is 14.1. The number of nitrogens with one attached hydrogen (secondary N) is 1. The summed E-state index contributed by atoms with van der Waals surface area (Å²) < 4.78 is 91.3. The molecule has 1 amide bonds. The number of benzene rings is 2. The van der Waals surface area contributed by atoms with E-state index in [2.05, 4.69) is 5.32 Å². The molecular formula is C17H10Cl2F7NO. The van der Waals surface area contributed by atoms with Crippen LogP contribution in [-0.4, -0.2) is 18.3 Å². The van der Waals surface area contributed by atoms with Crippen LogP contribution in [-0.2, 0) is 5.67 Å². The van der Waals surface area contributed by atoms with E-state index in [0.29, 0.717) is 0 Å². The summed E-state index contributed by atoms with van der Waals surface area (Å²) >= 11 is 11.4. The van der Waals surface area contributed by atoms with Crippen LogP contribution in [0.5, 0.6) is 0 Å². The highest BCUT2D eigenvalue weighted by atomic mass is 35.5. The summed E-state index contributed by atoms with van der Waals surface area (Å²) in [5.41, 5.74) is -7.02. The first-order valence-corrected chi connectivity index (χ1v) is 8.14. The van der Waals surface area contributed by atoms with Crippen LogP contribution in [0.1, 0.15) is 21.5 Å². The molecule has 0 heterocycles. The van der Waals surface area contributed by atoms with Gasteiger partial charge in [-0.3, -0.25) is 4.79 Å². The van der Waals surface area contributed by atoms with Crippen molar-refractivity contribution in [3.63, 3.8) is 0 Å². The van der Waals surface area contributed by atoms with Crippen LogP contribution in [0.4, 0.5) is 36.4 Å². The fraction of sp³-hybridized carbons (Fsp3) is 0.235. The molecule has 11 heteroatoms. The van der Waals surface area contributed by atoms with Gasteiger partial charge in [0.05, 0.1) is 15.7 Å². The highest BCUT2D eigenvalue weighted by molar-refractivity contribution is 6.40. The lowest BCUT2D eigenvalue weighted by Crippen LogP contribution is -2.50. The Kier molecular flexibility index (Phi) is 5.92. The van der Waals surface area contributed by atoms with Gasteiger partial charge in [-0.15, -0.1) is 0 Å².